The largest absolute Gasteiger partial charge is 0.394 e. The van der Waals surface area contributed by atoms with Crippen molar-refractivity contribution >= 4 is 5.91 Å². The highest BCUT2D eigenvalue weighted by molar-refractivity contribution is 5.76. The molecule has 1 aliphatic heterocycles. The third-order valence-corrected chi connectivity index (χ3v) is 8.06. The SMILES string of the molecule is CCCCC/C=C\C/C=C\CCCCCCCC(=O)NC(COC1OC(CO)C(O)C(O)C1O)C(O)CCCCCCC. The Morgan fingerprint density at radius 2 is 1.37 bits per heavy atom. The molecule has 1 heterocycles. The van der Waals surface area contributed by atoms with Crippen molar-refractivity contribution in [2.24, 2.45) is 0 Å². The first-order chi connectivity index (χ1) is 20.8. The molecule has 0 spiro atoms. The number of nitrogens with one attached hydrogen (secondary N) is 1. The molecule has 7 atom stereocenters. The maximum Gasteiger partial charge on any atom is 0.220 e. The molecule has 43 heavy (non-hydrogen) atoms. The van der Waals surface area contributed by atoms with Crippen molar-refractivity contribution in [1.29, 1.82) is 0 Å². The minimum atomic E-state index is -1.55. The van der Waals surface area contributed by atoms with Gasteiger partial charge in [-0.05, 0) is 44.9 Å². The quantitative estimate of drug-likeness (QED) is 0.0601. The molecular weight excluding hydrogens is 550 g/mol. The summed E-state index contributed by atoms with van der Waals surface area (Å²) in [4.78, 5) is 12.7. The number of amides is 1. The summed E-state index contributed by atoms with van der Waals surface area (Å²) in [5.74, 6) is -0.168. The molecule has 0 radical (unpaired) electrons. The number of allylic oxidation sites excluding steroid dienone is 4. The lowest BCUT2D eigenvalue weighted by Gasteiger charge is -2.40. The van der Waals surface area contributed by atoms with E-state index in [1.54, 1.807) is 0 Å². The fourth-order valence-electron chi connectivity index (χ4n) is 5.19. The maximum absolute atomic E-state index is 12.7. The number of rotatable bonds is 26. The summed E-state index contributed by atoms with van der Waals surface area (Å²) < 4.78 is 11.1. The Labute approximate surface area is 260 Å². The standard InChI is InChI=1S/C34H63NO8/c1-3-5-7-9-10-11-12-13-14-15-16-17-18-20-22-24-30(38)35-27(28(37)23-21-19-8-6-4-2)26-42-34-33(41)32(40)31(39)29(25-36)43-34/h10-11,13-14,27-29,31-34,36-37,39-41H,3-9,12,15-26H2,1-2H3,(H,35,38)/b11-10-,14-13-. The number of aliphatic hydroxyl groups excluding tert-OH is 5. The summed E-state index contributed by atoms with van der Waals surface area (Å²) in [6.45, 7) is 3.66. The van der Waals surface area contributed by atoms with Gasteiger partial charge in [-0.15, -0.1) is 0 Å². The van der Waals surface area contributed by atoms with Crippen molar-refractivity contribution in [3.63, 3.8) is 0 Å². The van der Waals surface area contributed by atoms with Crippen LogP contribution >= 0.6 is 0 Å². The zero-order chi connectivity index (χ0) is 31.7. The highest BCUT2D eigenvalue weighted by atomic mass is 16.7. The van der Waals surface area contributed by atoms with Crippen LogP contribution in [0.15, 0.2) is 24.3 Å². The molecule has 7 unspecified atom stereocenters. The van der Waals surface area contributed by atoms with Crippen LogP contribution in [-0.4, -0.2) is 87.5 Å². The van der Waals surface area contributed by atoms with Crippen LogP contribution in [0.5, 0.6) is 0 Å². The number of ether oxygens (including phenoxy) is 2. The first-order valence-corrected chi connectivity index (χ1v) is 17.0. The van der Waals surface area contributed by atoms with Gasteiger partial charge in [0.25, 0.3) is 0 Å². The number of aliphatic hydroxyl groups is 5. The van der Waals surface area contributed by atoms with Gasteiger partial charge in [-0.25, -0.2) is 0 Å². The molecule has 252 valence electrons. The monoisotopic (exact) mass is 613 g/mol. The van der Waals surface area contributed by atoms with Gasteiger partial charge in [0, 0.05) is 6.42 Å². The second-order valence-corrected chi connectivity index (χ2v) is 12.0. The van der Waals surface area contributed by atoms with Crippen molar-refractivity contribution in [2.75, 3.05) is 13.2 Å². The number of unbranched alkanes of at least 4 members (excludes halogenated alkanes) is 12. The molecule has 1 saturated heterocycles. The Balaban J connectivity index is 2.39. The predicted molar refractivity (Wildman–Crippen MR) is 170 cm³/mol. The van der Waals surface area contributed by atoms with Crippen LogP contribution in [0.25, 0.3) is 0 Å². The summed E-state index contributed by atoms with van der Waals surface area (Å²) in [5.41, 5.74) is 0. The molecular formula is C34H63NO8. The highest BCUT2D eigenvalue weighted by Crippen LogP contribution is 2.22. The molecule has 0 aromatic carbocycles. The molecule has 9 heteroatoms. The predicted octanol–water partition coefficient (Wildman–Crippen LogP) is 4.82. The molecule has 0 bridgehead atoms. The first-order valence-electron chi connectivity index (χ1n) is 17.0. The van der Waals surface area contributed by atoms with Crippen molar-refractivity contribution in [3.05, 3.63) is 24.3 Å². The van der Waals surface area contributed by atoms with Crippen LogP contribution in [0.4, 0.5) is 0 Å². The van der Waals surface area contributed by atoms with Gasteiger partial charge in [-0.1, -0.05) is 102 Å². The summed E-state index contributed by atoms with van der Waals surface area (Å²) >= 11 is 0. The number of carbonyl (C=O) groups is 1. The molecule has 0 aromatic rings. The van der Waals surface area contributed by atoms with E-state index in [2.05, 4.69) is 43.5 Å². The van der Waals surface area contributed by atoms with Crippen molar-refractivity contribution in [3.8, 4) is 0 Å². The fraction of sp³-hybridized carbons (Fsp3) is 0.853. The second kappa shape index (κ2) is 25.9. The van der Waals surface area contributed by atoms with E-state index in [1.165, 1.54) is 25.7 Å². The molecule has 1 amide bonds. The Kier molecular flexibility index (Phi) is 23.9. The first kappa shape index (κ1) is 39.7. The molecule has 1 aliphatic rings. The second-order valence-electron chi connectivity index (χ2n) is 12.0. The molecule has 0 aromatic heterocycles. The van der Waals surface area contributed by atoms with E-state index in [-0.39, 0.29) is 12.5 Å². The normalized spacial score (nSPS) is 24.1. The summed E-state index contributed by atoms with van der Waals surface area (Å²) in [6.07, 6.45) is 19.4. The van der Waals surface area contributed by atoms with E-state index in [0.717, 1.165) is 77.0 Å². The van der Waals surface area contributed by atoms with Crippen molar-refractivity contribution < 1.29 is 39.8 Å². The summed E-state index contributed by atoms with van der Waals surface area (Å²) in [6, 6.07) is -0.719. The van der Waals surface area contributed by atoms with Gasteiger partial charge in [0.15, 0.2) is 6.29 Å². The van der Waals surface area contributed by atoms with Crippen molar-refractivity contribution in [1.82, 2.24) is 5.32 Å². The van der Waals surface area contributed by atoms with Gasteiger partial charge in [0.05, 0.1) is 25.4 Å². The number of hydrogen-bond donors (Lipinski definition) is 6. The molecule has 0 saturated carbocycles. The smallest absolute Gasteiger partial charge is 0.220 e. The molecule has 1 rings (SSSR count). The summed E-state index contributed by atoms with van der Waals surface area (Å²) in [5, 5.41) is 53.5. The third kappa shape index (κ3) is 18.3. The van der Waals surface area contributed by atoms with E-state index in [1.807, 2.05) is 0 Å². The zero-order valence-electron chi connectivity index (χ0n) is 27.0. The van der Waals surface area contributed by atoms with E-state index in [0.29, 0.717) is 12.8 Å². The molecule has 9 nitrogen and oxygen atoms in total. The Morgan fingerprint density at radius 1 is 0.791 bits per heavy atom. The van der Waals surface area contributed by atoms with Gasteiger partial charge in [-0.2, -0.15) is 0 Å². The van der Waals surface area contributed by atoms with Gasteiger partial charge >= 0.3 is 0 Å². The minimum absolute atomic E-state index is 0.146. The third-order valence-electron chi connectivity index (χ3n) is 8.06. The summed E-state index contributed by atoms with van der Waals surface area (Å²) in [7, 11) is 0. The van der Waals surface area contributed by atoms with Crippen LogP contribution in [0.3, 0.4) is 0 Å². The van der Waals surface area contributed by atoms with Gasteiger partial charge in [0.1, 0.15) is 24.4 Å². The lowest BCUT2D eigenvalue weighted by atomic mass is 9.99. The van der Waals surface area contributed by atoms with E-state index >= 15 is 0 Å². The molecule has 6 N–H and O–H groups in total. The van der Waals surface area contributed by atoms with Crippen LogP contribution < -0.4 is 5.32 Å². The Bertz CT molecular complexity index is 731. The van der Waals surface area contributed by atoms with Gasteiger partial charge in [-0.3, -0.25) is 4.79 Å². The van der Waals surface area contributed by atoms with E-state index < -0.39 is 49.5 Å². The average molecular weight is 614 g/mol. The van der Waals surface area contributed by atoms with E-state index in [4.69, 9.17) is 9.47 Å². The topological polar surface area (TPSA) is 149 Å². The highest BCUT2D eigenvalue weighted by Gasteiger charge is 2.44. The van der Waals surface area contributed by atoms with Crippen LogP contribution in [-0.2, 0) is 14.3 Å². The Hall–Kier alpha value is -1.33. The van der Waals surface area contributed by atoms with Gasteiger partial charge in [0.2, 0.25) is 5.91 Å². The zero-order valence-corrected chi connectivity index (χ0v) is 27.0. The Morgan fingerprint density at radius 3 is 2.05 bits per heavy atom. The lowest BCUT2D eigenvalue weighted by molar-refractivity contribution is -0.302. The minimum Gasteiger partial charge on any atom is -0.394 e. The molecule has 0 aliphatic carbocycles. The van der Waals surface area contributed by atoms with Gasteiger partial charge < -0.3 is 40.3 Å². The average Bonchev–Trinajstić information content (AvgIpc) is 3.00. The van der Waals surface area contributed by atoms with E-state index in [9.17, 15) is 30.3 Å². The van der Waals surface area contributed by atoms with Crippen molar-refractivity contribution in [2.45, 2.75) is 172 Å². The maximum atomic E-state index is 12.7. The number of carbonyl (C=O) groups excluding carboxylic acids is 1. The van der Waals surface area contributed by atoms with Crippen LogP contribution in [0, 0.1) is 0 Å². The fourth-order valence-corrected chi connectivity index (χ4v) is 5.19. The number of hydrogen-bond acceptors (Lipinski definition) is 8. The van der Waals surface area contributed by atoms with Crippen LogP contribution in [0.1, 0.15) is 129 Å². The lowest BCUT2D eigenvalue weighted by Crippen LogP contribution is -2.60. The molecule has 1 fully saturated rings. The van der Waals surface area contributed by atoms with Crippen LogP contribution in [0.2, 0.25) is 0 Å².